The van der Waals surface area contributed by atoms with Gasteiger partial charge in [0.15, 0.2) is 5.69 Å². The molecule has 0 amide bonds. The first-order valence-electron chi connectivity index (χ1n) is 26.6. The van der Waals surface area contributed by atoms with Crippen LogP contribution in [0.15, 0.2) is 224 Å². The Morgan fingerprint density at radius 2 is 0.658 bits per heavy atom. The van der Waals surface area contributed by atoms with E-state index in [1.165, 1.54) is 12.1 Å². The number of aromatic nitrogens is 2. The van der Waals surface area contributed by atoms with Gasteiger partial charge in [-0.1, -0.05) is 158 Å². The molecule has 0 spiro atoms. The van der Waals surface area contributed by atoms with E-state index in [0.717, 1.165) is 110 Å². The van der Waals surface area contributed by atoms with Crippen molar-refractivity contribution in [3.8, 4) is 78.1 Å². The standard InChI is InChI=1S/C73H52F3N3/c1-44-18-7-11-23-53(44)49-32-36-64-58(40-49)59-41-50(54-24-12-8-19-45(54)2)33-37-65(59)78(64)68-30-16-27-57(70-48(5)22-15-28-62(70)73(74,75)76)71(68)72-63(77-6)29-17-31-69(72)79-66-38-34-51(55-25-13-9-20-46(55)3)42-60(66)61-43-52(35-39-67(61)79)56-26-14-10-21-47(56)4/h7-43H,1-5H3. The molecule has 0 radical (unpaired) electrons. The lowest BCUT2D eigenvalue weighted by molar-refractivity contribution is -0.137. The van der Waals surface area contributed by atoms with Crippen molar-refractivity contribution >= 4 is 49.3 Å². The number of benzene rings is 11. The van der Waals surface area contributed by atoms with Crippen LogP contribution in [-0.2, 0) is 6.18 Å². The lowest BCUT2D eigenvalue weighted by atomic mass is 9.86. The molecule has 0 aliphatic carbocycles. The van der Waals surface area contributed by atoms with E-state index >= 15 is 13.2 Å². The van der Waals surface area contributed by atoms with E-state index in [4.69, 9.17) is 6.57 Å². The van der Waals surface area contributed by atoms with Gasteiger partial charge in [-0.15, -0.1) is 0 Å². The van der Waals surface area contributed by atoms with E-state index in [1.807, 2.05) is 36.4 Å². The maximum atomic E-state index is 15.8. The van der Waals surface area contributed by atoms with Crippen molar-refractivity contribution in [2.45, 2.75) is 40.8 Å². The maximum Gasteiger partial charge on any atom is 0.417 e. The van der Waals surface area contributed by atoms with Crippen LogP contribution in [0, 0.1) is 41.2 Å². The Labute approximate surface area is 457 Å². The molecule has 0 aliphatic heterocycles. The van der Waals surface area contributed by atoms with Crippen LogP contribution in [0.2, 0.25) is 0 Å². The summed E-state index contributed by atoms with van der Waals surface area (Å²) in [7, 11) is 0. The molecule has 0 N–H and O–H groups in total. The summed E-state index contributed by atoms with van der Waals surface area (Å²) in [5, 5.41) is 4.00. The first-order valence-corrected chi connectivity index (χ1v) is 26.6. The fraction of sp³-hybridized carbons (Fsp3) is 0.0822. The smallest absolute Gasteiger partial charge is 0.310 e. The lowest BCUT2D eigenvalue weighted by Crippen LogP contribution is -2.10. The highest BCUT2D eigenvalue weighted by molar-refractivity contribution is 6.15. The van der Waals surface area contributed by atoms with Crippen LogP contribution < -0.4 is 0 Å². The van der Waals surface area contributed by atoms with E-state index in [0.29, 0.717) is 39.3 Å². The van der Waals surface area contributed by atoms with Gasteiger partial charge in [0, 0.05) is 38.4 Å². The maximum absolute atomic E-state index is 15.8. The Hall–Kier alpha value is -9.70. The minimum Gasteiger partial charge on any atom is -0.310 e. The second kappa shape index (κ2) is 19.1. The number of alkyl halides is 3. The SMILES string of the molecule is [C-]#[N+]c1cccc(-n2c3ccc(-c4ccccc4C)cc3c3cc(-c4ccccc4C)ccc32)c1-c1c(-c2c(C)cccc2C(F)(F)F)cccc1-n1c2ccc(-c3ccccc3C)cc2c2cc(-c3ccccc3C)ccc21. The van der Waals surface area contributed by atoms with Gasteiger partial charge in [-0.2, -0.15) is 13.2 Å². The van der Waals surface area contributed by atoms with Crippen LogP contribution in [0.1, 0.15) is 33.4 Å². The lowest BCUT2D eigenvalue weighted by Gasteiger charge is -2.25. The summed E-state index contributed by atoms with van der Waals surface area (Å²) in [5.41, 5.74) is 19.6. The molecule has 0 aliphatic rings. The normalized spacial score (nSPS) is 11.8. The molecule has 0 fully saturated rings. The molecule has 0 saturated carbocycles. The quantitative estimate of drug-likeness (QED) is 0.135. The Balaban J connectivity index is 1.17. The van der Waals surface area contributed by atoms with E-state index < -0.39 is 11.7 Å². The highest BCUT2D eigenvalue weighted by atomic mass is 19.4. The van der Waals surface area contributed by atoms with Crippen LogP contribution in [0.3, 0.4) is 0 Å². The molecule has 3 nitrogen and oxygen atoms in total. The van der Waals surface area contributed by atoms with Gasteiger partial charge >= 0.3 is 6.18 Å². The summed E-state index contributed by atoms with van der Waals surface area (Å²) < 4.78 is 51.7. The third-order valence-corrected chi connectivity index (χ3v) is 16.1. The first kappa shape index (κ1) is 48.9. The van der Waals surface area contributed by atoms with Gasteiger partial charge in [-0.25, -0.2) is 4.85 Å². The van der Waals surface area contributed by atoms with Crippen molar-refractivity contribution in [3.05, 3.63) is 269 Å². The topological polar surface area (TPSA) is 14.2 Å². The first-order chi connectivity index (χ1) is 38.4. The zero-order valence-corrected chi connectivity index (χ0v) is 44.3. The molecule has 2 aromatic heterocycles. The number of rotatable bonds is 8. The van der Waals surface area contributed by atoms with Crippen molar-refractivity contribution in [3.63, 3.8) is 0 Å². The Bertz CT molecular complexity index is 4470. The number of hydrogen-bond acceptors (Lipinski definition) is 0. The summed E-state index contributed by atoms with van der Waals surface area (Å²) in [5.74, 6) is 0. The van der Waals surface area contributed by atoms with Crippen molar-refractivity contribution in [2.24, 2.45) is 0 Å². The molecule has 13 aromatic rings. The van der Waals surface area contributed by atoms with Gasteiger partial charge in [0.25, 0.3) is 0 Å². The summed E-state index contributed by atoms with van der Waals surface area (Å²) in [6.07, 6.45) is -4.70. The number of hydrogen-bond donors (Lipinski definition) is 0. The molecule has 0 atom stereocenters. The molecule has 79 heavy (non-hydrogen) atoms. The van der Waals surface area contributed by atoms with Crippen LogP contribution in [-0.4, -0.2) is 9.13 Å². The predicted octanol–water partition coefficient (Wildman–Crippen LogP) is 21.0. The Kier molecular flexibility index (Phi) is 11.8. The molecular formula is C73H52F3N3. The molecule has 6 heteroatoms. The van der Waals surface area contributed by atoms with E-state index in [1.54, 1.807) is 25.1 Å². The van der Waals surface area contributed by atoms with Crippen molar-refractivity contribution in [1.82, 2.24) is 9.13 Å². The number of halogens is 3. The van der Waals surface area contributed by atoms with Crippen molar-refractivity contribution in [1.29, 1.82) is 0 Å². The molecule has 0 unspecified atom stereocenters. The van der Waals surface area contributed by atoms with Gasteiger partial charge in [-0.3, -0.25) is 0 Å². The second-order valence-corrected chi connectivity index (χ2v) is 20.8. The second-order valence-electron chi connectivity index (χ2n) is 20.8. The van der Waals surface area contributed by atoms with Crippen LogP contribution >= 0.6 is 0 Å². The van der Waals surface area contributed by atoms with E-state index in [2.05, 4.69) is 199 Å². The fourth-order valence-corrected chi connectivity index (χ4v) is 12.3. The number of fused-ring (bicyclic) bond motifs is 6. The minimum absolute atomic E-state index is 0.0648. The molecule has 0 bridgehead atoms. The van der Waals surface area contributed by atoms with Gasteiger partial charge in [0.2, 0.25) is 0 Å². The predicted molar refractivity (Wildman–Crippen MR) is 323 cm³/mol. The largest absolute Gasteiger partial charge is 0.417 e. The van der Waals surface area contributed by atoms with Crippen molar-refractivity contribution < 1.29 is 13.2 Å². The number of aryl methyl sites for hydroxylation is 5. The molecule has 0 saturated heterocycles. The summed E-state index contributed by atoms with van der Waals surface area (Å²) in [4.78, 5) is 4.29. The molecular weight excluding hydrogens is 976 g/mol. The summed E-state index contributed by atoms with van der Waals surface area (Å²) >= 11 is 0. The molecule has 380 valence electrons. The average Bonchev–Trinajstić information content (AvgIpc) is 4.21. The summed E-state index contributed by atoms with van der Waals surface area (Å²) in [6.45, 7) is 19.2. The monoisotopic (exact) mass is 1030 g/mol. The Morgan fingerprint density at radius 1 is 0.329 bits per heavy atom. The van der Waals surface area contributed by atoms with Gasteiger partial charge < -0.3 is 9.13 Å². The van der Waals surface area contributed by atoms with Crippen LogP contribution in [0.25, 0.3) is 127 Å². The summed E-state index contributed by atoms with van der Waals surface area (Å²) in [6, 6.07) is 75.4. The number of nitrogens with zero attached hydrogens (tertiary/aromatic N) is 3. The fourth-order valence-electron chi connectivity index (χ4n) is 12.3. The van der Waals surface area contributed by atoms with Crippen molar-refractivity contribution in [2.75, 3.05) is 0 Å². The third-order valence-electron chi connectivity index (χ3n) is 16.1. The average molecular weight is 1030 g/mol. The zero-order chi connectivity index (χ0) is 54.3. The highest BCUT2D eigenvalue weighted by Gasteiger charge is 2.36. The third kappa shape index (κ3) is 8.12. The highest BCUT2D eigenvalue weighted by Crippen LogP contribution is 2.52. The zero-order valence-electron chi connectivity index (χ0n) is 44.3. The molecule has 13 rings (SSSR count). The van der Waals surface area contributed by atoms with E-state index in [-0.39, 0.29) is 5.56 Å². The Morgan fingerprint density at radius 3 is 1.03 bits per heavy atom. The van der Waals surface area contributed by atoms with Gasteiger partial charge in [-0.05, 0) is 185 Å². The van der Waals surface area contributed by atoms with Crippen LogP contribution in [0.5, 0.6) is 0 Å². The van der Waals surface area contributed by atoms with Gasteiger partial charge in [0.05, 0.1) is 39.9 Å². The van der Waals surface area contributed by atoms with Gasteiger partial charge in [0.1, 0.15) is 0 Å². The minimum atomic E-state index is -4.70. The molecule has 11 aromatic carbocycles. The van der Waals surface area contributed by atoms with Crippen LogP contribution in [0.4, 0.5) is 18.9 Å². The molecule has 2 heterocycles. The van der Waals surface area contributed by atoms with E-state index in [9.17, 15) is 0 Å².